The maximum atomic E-state index is 7.07. The van der Waals surface area contributed by atoms with Crippen LogP contribution >= 0.6 is 0 Å². The highest BCUT2D eigenvalue weighted by Crippen LogP contribution is 2.53. The van der Waals surface area contributed by atoms with E-state index in [0.717, 1.165) is 124 Å². The van der Waals surface area contributed by atoms with Crippen LogP contribution in [0.15, 0.2) is 445 Å². The van der Waals surface area contributed by atoms with Crippen LogP contribution in [0.5, 0.6) is 0 Å². The molecule has 22 rings (SSSR count). The fourth-order valence-corrected chi connectivity index (χ4v) is 21.1. The molecule has 2 heterocycles. The van der Waals surface area contributed by atoms with Crippen molar-refractivity contribution in [2.75, 3.05) is 9.80 Å². The summed E-state index contributed by atoms with van der Waals surface area (Å²) in [6.45, 7) is 28.3. The van der Waals surface area contributed by atoms with Crippen LogP contribution in [0.1, 0.15) is 128 Å². The van der Waals surface area contributed by atoms with Gasteiger partial charge >= 0.3 is 0 Å². The van der Waals surface area contributed by atoms with Crippen LogP contribution in [-0.4, -0.2) is 0 Å². The highest BCUT2D eigenvalue weighted by Gasteiger charge is 2.34. The monoisotopic (exact) mass is 1770 g/mol. The molecule has 137 heavy (non-hydrogen) atoms. The number of hydrogen-bond donors (Lipinski definition) is 0. The molecule has 4 heteroatoms. The average molecular weight is 1770 g/mol. The second kappa shape index (κ2) is 35.0. The van der Waals surface area contributed by atoms with Crippen LogP contribution in [0.4, 0.5) is 28.4 Å². The van der Waals surface area contributed by atoms with Gasteiger partial charge in [-0.15, -0.1) is 0 Å². The molecule has 0 radical (unpaired) electrons. The van der Waals surface area contributed by atoms with Crippen molar-refractivity contribution >= 4 is 105 Å². The van der Waals surface area contributed by atoms with E-state index in [4.69, 9.17) is 8.83 Å². The van der Waals surface area contributed by atoms with Crippen molar-refractivity contribution < 1.29 is 8.83 Å². The number of nitrogens with zero attached hydrogens (tertiary/aromatic N) is 2. The Bertz CT molecular complexity index is 8210. The first kappa shape index (κ1) is 86.8. The molecule has 0 spiro atoms. The topological polar surface area (TPSA) is 32.8 Å². The second-order valence-electron chi connectivity index (χ2n) is 41.4. The average Bonchev–Trinajstić information content (AvgIpc) is 1.56. The largest absolute Gasteiger partial charge is 0.456 e. The molecule has 21 aromatic rings. The minimum Gasteiger partial charge on any atom is -0.456 e. The van der Waals surface area contributed by atoms with Crippen LogP contribution in [-0.2, 0) is 28.1 Å². The summed E-state index contributed by atoms with van der Waals surface area (Å²) in [5, 5.41) is 9.29. The van der Waals surface area contributed by atoms with E-state index in [-0.39, 0.29) is 27.6 Å². The number of anilines is 5. The van der Waals surface area contributed by atoms with E-state index in [1.807, 2.05) is 6.07 Å². The number of furan rings is 2. The molecule has 666 valence electrons. The maximum Gasteiger partial charge on any atom is 0.136 e. The zero-order chi connectivity index (χ0) is 93.6. The van der Waals surface area contributed by atoms with E-state index >= 15 is 0 Å². The molecule has 1 unspecified atom stereocenters. The zero-order valence-electron chi connectivity index (χ0n) is 80.2. The number of hydrogen-bond acceptors (Lipinski definition) is 4. The summed E-state index contributed by atoms with van der Waals surface area (Å²) in [4.78, 5) is 5.04. The molecule has 0 aliphatic heterocycles. The van der Waals surface area contributed by atoms with E-state index in [0.29, 0.717) is 0 Å². The van der Waals surface area contributed by atoms with Crippen molar-refractivity contribution in [1.82, 2.24) is 0 Å². The Balaban J connectivity index is 0.598. The zero-order valence-corrected chi connectivity index (χ0v) is 80.2. The van der Waals surface area contributed by atoms with Gasteiger partial charge in [-0.05, 0) is 269 Å². The summed E-state index contributed by atoms with van der Waals surface area (Å²) >= 11 is 0. The second-order valence-corrected chi connectivity index (χ2v) is 41.4. The SMILES string of the molecule is CC1CC(c2ccccc2)=CC(c2ccccc2)=C1N(c1ccc(-c2ccc3c(c2)oc2ccccc23)cc1)c1ccccc1-c1cccc2cccc(-c3cc(C(C)(C)C)cc(C(C)(C)Cc4ccc5c(c4)oc4cc(-c6ccc(N(c7ccc(-c8ccc(-c9ccccc9)cc8)cc7)c7ccccc7-c7cccc8cccc(-c9cc(C(C)(C)C)cc(C(C)(C)C)c9)c78)cc6)ccc45)c3)c12. The molecule has 0 saturated heterocycles. The number of rotatable bonds is 19. The summed E-state index contributed by atoms with van der Waals surface area (Å²) in [7, 11) is 0. The van der Waals surface area contributed by atoms with Gasteiger partial charge in [0.1, 0.15) is 22.3 Å². The lowest BCUT2D eigenvalue weighted by Gasteiger charge is -2.37. The number of allylic oxidation sites excluding steroid dienone is 4. The summed E-state index contributed by atoms with van der Waals surface area (Å²) in [6, 6.07) is 158. The van der Waals surface area contributed by atoms with Gasteiger partial charge in [0.25, 0.3) is 0 Å². The highest BCUT2D eigenvalue weighted by atomic mass is 16.3. The molecule has 0 fully saturated rings. The van der Waals surface area contributed by atoms with E-state index in [1.54, 1.807) is 0 Å². The Kier molecular flexibility index (Phi) is 22.2. The molecule has 0 amide bonds. The van der Waals surface area contributed by atoms with Gasteiger partial charge in [0.05, 0.1) is 11.4 Å². The molecule has 2 aromatic heterocycles. The first-order valence-corrected chi connectivity index (χ1v) is 48.5. The Morgan fingerprint density at radius 2 is 0.599 bits per heavy atom. The van der Waals surface area contributed by atoms with E-state index < -0.39 is 0 Å². The fourth-order valence-electron chi connectivity index (χ4n) is 21.1. The molecule has 0 bridgehead atoms. The Labute approximate surface area is 805 Å². The summed E-state index contributed by atoms with van der Waals surface area (Å²) in [5.74, 6) is 0.109. The molecule has 1 aliphatic rings. The number of benzene rings is 19. The Hall–Kier alpha value is -15.6. The number of fused-ring (bicyclic) bond motifs is 8. The third kappa shape index (κ3) is 16.7. The number of para-hydroxylation sites is 3. The van der Waals surface area contributed by atoms with Crippen LogP contribution in [0.2, 0.25) is 0 Å². The lowest BCUT2D eigenvalue weighted by Crippen LogP contribution is -2.25. The van der Waals surface area contributed by atoms with Crippen molar-refractivity contribution in [2.45, 2.75) is 118 Å². The van der Waals surface area contributed by atoms with Crippen LogP contribution < -0.4 is 9.80 Å². The molecule has 0 saturated carbocycles. The fraction of sp³-hybridized carbons (Fsp3) is 0.143. The quantitative estimate of drug-likeness (QED) is 0.0808. The highest BCUT2D eigenvalue weighted by molar-refractivity contribution is 6.12. The maximum absolute atomic E-state index is 7.07. The smallest absolute Gasteiger partial charge is 0.136 e. The van der Waals surface area contributed by atoms with Crippen molar-refractivity contribution in [3.8, 4) is 89.0 Å². The first-order chi connectivity index (χ1) is 66.4. The van der Waals surface area contributed by atoms with Gasteiger partial charge in [-0.1, -0.05) is 423 Å². The summed E-state index contributed by atoms with van der Waals surface area (Å²) in [5.41, 5.74) is 39.7. The van der Waals surface area contributed by atoms with Gasteiger partial charge in [-0.3, -0.25) is 0 Å². The molecule has 4 nitrogen and oxygen atoms in total. The Morgan fingerprint density at radius 1 is 0.255 bits per heavy atom. The molecular formula is C133H112N2O2. The third-order valence-electron chi connectivity index (χ3n) is 28.5. The molecule has 1 atom stereocenters. The van der Waals surface area contributed by atoms with Crippen molar-refractivity contribution in [3.05, 3.63) is 475 Å². The summed E-state index contributed by atoms with van der Waals surface area (Å²) < 4.78 is 13.5. The van der Waals surface area contributed by atoms with E-state index in [1.165, 1.54) is 127 Å². The minimum absolute atomic E-state index is 0.0466. The lowest BCUT2D eigenvalue weighted by atomic mass is 9.75. The normalized spacial score (nSPS) is 13.3. The third-order valence-corrected chi connectivity index (χ3v) is 28.5. The predicted molar refractivity (Wildman–Crippen MR) is 584 cm³/mol. The standard InChI is InChI=1S/C133H112N2O2/c1-86-74-100(89-34-18-14-19-35-89)80-120(95-36-20-15-21-37-95)129(86)135(109-69-61-94(62-70-109)98-63-72-116-114-44-24-27-51-123(114)136-125(116)81-98)122-50-26-23-43-113(122)119-48-31-41-97-39-29-46-111(128(97)119)102-78-105(132(8,9)10)84-106(79-102)133(11,12)85-87-52-71-115-117-73-64-99(82-126(117)137-124(115)75-87)93-59-67-108(68-60-93)134(107-65-57-92(58-66-107)91-55-53-90(54-56-91)88-32-16-13-17-33-88)121-49-25-22-42-112(121)118-47-30-40-96-38-28-45-110(127(96)118)101-76-103(130(2,3)4)83-104(77-101)131(5,6)7/h13-73,75-84,86H,74,85H2,1-12H3. The first-order valence-electron chi connectivity index (χ1n) is 48.5. The lowest BCUT2D eigenvalue weighted by molar-refractivity contribution is 0.517. The minimum atomic E-state index is -0.312. The van der Waals surface area contributed by atoms with Crippen LogP contribution in [0.3, 0.4) is 0 Å². The summed E-state index contributed by atoms with van der Waals surface area (Å²) in [6.07, 6.45) is 4.12. The van der Waals surface area contributed by atoms with Crippen LogP contribution in [0, 0.1) is 5.92 Å². The van der Waals surface area contributed by atoms with Crippen molar-refractivity contribution in [1.29, 1.82) is 0 Å². The molecule has 1 aliphatic carbocycles. The van der Waals surface area contributed by atoms with Crippen molar-refractivity contribution in [3.63, 3.8) is 0 Å². The Morgan fingerprint density at radius 3 is 1.08 bits per heavy atom. The van der Waals surface area contributed by atoms with Gasteiger partial charge in [0.15, 0.2) is 0 Å². The van der Waals surface area contributed by atoms with Gasteiger partial charge in [0.2, 0.25) is 0 Å². The van der Waals surface area contributed by atoms with Gasteiger partial charge in [-0.25, -0.2) is 0 Å². The van der Waals surface area contributed by atoms with Gasteiger partial charge < -0.3 is 18.6 Å². The predicted octanol–water partition coefficient (Wildman–Crippen LogP) is 37.7. The van der Waals surface area contributed by atoms with E-state index in [2.05, 4.69) is 518 Å². The van der Waals surface area contributed by atoms with Gasteiger partial charge in [0, 0.05) is 66.9 Å². The molecular weight excluding hydrogens is 1660 g/mol. The van der Waals surface area contributed by atoms with Crippen LogP contribution in [0.25, 0.3) is 166 Å². The molecule has 0 N–H and O–H groups in total. The van der Waals surface area contributed by atoms with Gasteiger partial charge in [-0.2, -0.15) is 0 Å². The molecule has 19 aromatic carbocycles. The van der Waals surface area contributed by atoms with Crippen molar-refractivity contribution in [2.24, 2.45) is 5.92 Å². The van der Waals surface area contributed by atoms with E-state index in [9.17, 15) is 0 Å².